The highest BCUT2D eigenvalue weighted by Gasteiger charge is 2.59. The van der Waals surface area contributed by atoms with Gasteiger partial charge in [0.25, 0.3) is 0 Å². The van der Waals surface area contributed by atoms with Gasteiger partial charge in [-0.15, -0.1) is 0 Å². The summed E-state index contributed by atoms with van der Waals surface area (Å²) in [5.74, 6) is 4.56. The second-order valence-electron chi connectivity index (χ2n) is 13.1. The lowest BCUT2D eigenvalue weighted by Crippen LogP contribution is -2.53. The van der Waals surface area contributed by atoms with E-state index in [2.05, 4.69) is 51.1 Å². The van der Waals surface area contributed by atoms with Crippen LogP contribution in [0.25, 0.3) is 0 Å². The molecule has 7 unspecified atom stereocenters. The van der Waals surface area contributed by atoms with E-state index < -0.39 is 0 Å². The molecule has 4 rings (SSSR count). The minimum Gasteiger partial charge on any atom is -0.369 e. The molecule has 0 amide bonds. The lowest BCUT2D eigenvalue weighted by Gasteiger charge is -2.60. The first-order valence-corrected chi connectivity index (χ1v) is 14.4. The van der Waals surface area contributed by atoms with E-state index in [9.17, 15) is 0 Å². The van der Waals surface area contributed by atoms with Crippen molar-refractivity contribution in [2.75, 3.05) is 33.2 Å². The van der Waals surface area contributed by atoms with Crippen molar-refractivity contribution in [1.29, 1.82) is 0 Å². The van der Waals surface area contributed by atoms with Crippen molar-refractivity contribution >= 4 is 5.71 Å². The van der Waals surface area contributed by atoms with Crippen LogP contribution in [0.3, 0.4) is 0 Å². The zero-order valence-corrected chi connectivity index (χ0v) is 23.1. The molecule has 0 aromatic carbocycles. The number of hydrogen-bond donors (Lipinski definition) is 1. The summed E-state index contributed by atoms with van der Waals surface area (Å²) >= 11 is 0. The number of aliphatic imine (C=N–C) groups is 1. The predicted octanol–water partition coefficient (Wildman–Crippen LogP) is 7.11. The van der Waals surface area contributed by atoms with E-state index >= 15 is 0 Å². The van der Waals surface area contributed by atoms with Crippen LogP contribution in [0.2, 0.25) is 0 Å². The Hall–Kier alpha value is -1.09. The Labute approximate surface area is 210 Å². The summed E-state index contributed by atoms with van der Waals surface area (Å²) in [5.41, 5.74) is 4.80. The SMILES string of the molecule is C=C(C)CN(CCNC)C(=C)CN=C(C)C1CCC2C3CCC4CCCCC4(C)C3CCC12C. The third-order valence-corrected chi connectivity index (χ3v) is 11.1. The molecule has 4 aliphatic rings. The summed E-state index contributed by atoms with van der Waals surface area (Å²) in [6, 6.07) is 0. The molecule has 0 bridgehead atoms. The van der Waals surface area contributed by atoms with Gasteiger partial charge in [-0.25, -0.2) is 0 Å². The maximum absolute atomic E-state index is 5.19. The van der Waals surface area contributed by atoms with Crippen LogP contribution in [-0.4, -0.2) is 43.8 Å². The molecule has 3 heteroatoms. The van der Waals surface area contributed by atoms with Crippen LogP contribution in [0.15, 0.2) is 29.4 Å². The van der Waals surface area contributed by atoms with E-state index in [0.717, 1.165) is 55.5 Å². The van der Waals surface area contributed by atoms with Crippen LogP contribution in [-0.2, 0) is 0 Å². The minimum atomic E-state index is 0.456. The fraction of sp³-hybridized carbons (Fsp3) is 0.839. The van der Waals surface area contributed by atoms with E-state index in [-0.39, 0.29) is 0 Å². The molecule has 0 aromatic rings. The zero-order chi connectivity index (χ0) is 24.5. The smallest absolute Gasteiger partial charge is 0.0781 e. The third-order valence-electron chi connectivity index (χ3n) is 11.1. The summed E-state index contributed by atoms with van der Waals surface area (Å²) in [7, 11) is 2.01. The quantitative estimate of drug-likeness (QED) is 0.289. The summed E-state index contributed by atoms with van der Waals surface area (Å²) in [6.45, 7) is 21.8. The molecule has 7 atom stereocenters. The third kappa shape index (κ3) is 4.80. The van der Waals surface area contributed by atoms with Gasteiger partial charge in [0.15, 0.2) is 0 Å². The lowest BCUT2D eigenvalue weighted by molar-refractivity contribution is -0.106. The number of hydrogen-bond acceptors (Lipinski definition) is 3. The maximum atomic E-state index is 5.19. The molecule has 4 fully saturated rings. The van der Waals surface area contributed by atoms with Gasteiger partial charge in [0.05, 0.1) is 6.54 Å². The monoisotopic (exact) mass is 467 g/mol. The molecule has 1 N–H and O–H groups in total. The minimum absolute atomic E-state index is 0.456. The molecule has 0 aromatic heterocycles. The molecule has 0 spiro atoms. The van der Waals surface area contributed by atoms with Crippen molar-refractivity contribution in [3.8, 4) is 0 Å². The molecule has 4 saturated carbocycles. The van der Waals surface area contributed by atoms with E-state index in [1.165, 1.54) is 75.5 Å². The van der Waals surface area contributed by atoms with Crippen molar-refractivity contribution in [2.45, 2.75) is 91.9 Å². The van der Waals surface area contributed by atoms with Gasteiger partial charge in [-0.05, 0) is 107 Å². The van der Waals surface area contributed by atoms with Crippen molar-refractivity contribution in [2.24, 2.45) is 45.4 Å². The van der Waals surface area contributed by atoms with Gasteiger partial charge >= 0.3 is 0 Å². The van der Waals surface area contributed by atoms with E-state index in [0.29, 0.717) is 16.7 Å². The summed E-state index contributed by atoms with van der Waals surface area (Å²) in [6.07, 6.45) is 14.7. The van der Waals surface area contributed by atoms with Gasteiger partial charge in [-0.1, -0.05) is 45.4 Å². The largest absolute Gasteiger partial charge is 0.369 e. The highest BCUT2D eigenvalue weighted by Crippen LogP contribution is 2.67. The first-order chi connectivity index (χ1) is 16.2. The van der Waals surface area contributed by atoms with Crippen LogP contribution in [0, 0.1) is 40.4 Å². The van der Waals surface area contributed by atoms with Crippen molar-refractivity contribution in [3.63, 3.8) is 0 Å². The van der Waals surface area contributed by atoms with Gasteiger partial charge < -0.3 is 10.2 Å². The number of rotatable bonds is 9. The summed E-state index contributed by atoms with van der Waals surface area (Å²) in [5, 5.41) is 3.27. The van der Waals surface area contributed by atoms with Gasteiger partial charge in [0.2, 0.25) is 0 Å². The molecule has 3 nitrogen and oxygen atoms in total. The summed E-state index contributed by atoms with van der Waals surface area (Å²) < 4.78 is 0. The highest BCUT2D eigenvalue weighted by atomic mass is 15.2. The number of nitrogens with one attached hydrogen (secondary N) is 1. The van der Waals surface area contributed by atoms with Crippen molar-refractivity contribution in [1.82, 2.24) is 10.2 Å². The molecule has 0 radical (unpaired) electrons. The van der Waals surface area contributed by atoms with E-state index in [4.69, 9.17) is 4.99 Å². The fourth-order valence-electron chi connectivity index (χ4n) is 9.33. The topological polar surface area (TPSA) is 27.6 Å². The highest BCUT2D eigenvalue weighted by molar-refractivity contribution is 5.85. The maximum Gasteiger partial charge on any atom is 0.0781 e. The van der Waals surface area contributed by atoms with Crippen LogP contribution in [0.5, 0.6) is 0 Å². The fourth-order valence-corrected chi connectivity index (χ4v) is 9.33. The molecule has 0 aliphatic heterocycles. The second-order valence-corrected chi connectivity index (χ2v) is 13.1. The molecule has 34 heavy (non-hydrogen) atoms. The van der Waals surface area contributed by atoms with E-state index in [1.54, 1.807) is 0 Å². The predicted molar refractivity (Wildman–Crippen MR) is 147 cm³/mol. The molecule has 192 valence electrons. The Morgan fingerprint density at radius 2 is 1.71 bits per heavy atom. The first-order valence-electron chi connectivity index (χ1n) is 14.4. The Kier molecular flexibility index (Phi) is 8.02. The average molecular weight is 468 g/mol. The van der Waals surface area contributed by atoms with Crippen LogP contribution >= 0.6 is 0 Å². The van der Waals surface area contributed by atoms with Gasteiger partial charge in [-0.2, -0.15) is 0 Å². The van der Waals surface area contributed by atoms with Gasteiger partial charge in [0.1, 0.15) is 0 Å². The number of fused-ring (bicyclic) bond motifs is 5. The normalized spacial score (nSPS) is 39.7. The first kappa shape index (κ1) is 26.0. The molecule has 0 heterocycles. The van der Waals surface area contributed by atoms with Crippen LogP contribution in [0.4, 0.5) is 0 Å². The summed E-state index contributed by atoms with van der Waals surface area (Å²) in [4.78, 5) is 7.54. The molecule has 4 aliphatic carbocycles. The Bertz CT molecular complexity index is 784. The average Bonchev–Trinajstić information content (AvgIpc) is 3.16. The van der Waals surface area contributed by atoms with Crippen LogP contribution < -0.4 is 5.32 Å². The standard InChI is InChI=1S/C31H53N3/c1-22(2)21-34(19-18-32-7)23(3)20-33-24(4)27-13-14-28-26-12-11-25-10-8-9-16-30(25,5)29(26)15-17-31(27,28)6/h25-29,32H,1,3,8-21H2,2,4-7H3. The van der Waals surface area contributed by atoms with Crippen molar-refractivity contribution in [3.05, 3.63) is 24.4 Å². The second kappa shape index (κ2) is 10.5. The van der Waals surface area contributed by atoms with Gasteiger partial charge in [0, 0.05) is 37.0 Å². The van der Waals surface area contributed by atoms with Crippen molar-refractivity contribution < 1.29 is 0 Å². The van der Waals surface area contributed by atoms with Crippen LogP contribution in [0.1, 0.15) is 91.9 Å². The van der Waals surface area contributed by atoms with Gasteiger partial charge in [-0.3, -0.25) is 4.99 Å². The zero-order valence-electron chi connectivity index (χ0n) is 23.1. The Morgan fingerprint density at radius 1 is 0.941 bits per heavy atom. The number of likely N-dealkylation sites (N-methyl/N-ethyl adjacent to an activating group) is 1. The molecular formula is C31H53N3. The molecular weight excluding hydrogens is 414 g/mol. The Balaban J connectivity index is 1.44. The Morgan fingerprint density at radius 3 is 2.44 bits per heavy atom. The lowest BCUT2D eigenvalue weighted by atomic mass is 9.45. The number of nitrogens with zero attached hydrogens (tertiary/aromatic N) is 2. The van der Waals surface area contributed by atoms with E-state index in [1.807, 2.05) is 7.05 Å². The molecule has 0 saturated heterocycles.